The van der Waals surface area contributed by atoms with Gasteiger partial charge in [-0.05, 0) is 41.3 Å². The molecule has 5 heteroatoms. The van der Waals surface area contributed by atoms with Crippen LogP contribution in [0.4, 0.5) is 15.8 Å². The van der Waals surface area contributed by atoms with Crippen LogP contribution in [0.1, 0.15) is 32.8 Å². The average Bonchev–Trinajstić information content (AvgIpc) is 2.98. The van der Waals surface area contributed by atoms with E-state index in [0.29, 0.717) is 12.2 Å². The lowest BCUT2D eigenvalue weighted by Gasteiger charge is -2.27. The highest BCUT2D eigenvalue weighted by molar-refractivity contribution is 6.03. The number of para-hydroxylation sites is 1. The molecule has 1 aliphatic rings. The van der Waals surface area contributed by atoms with Crippen LogP contribution in [0.2, 0.25) is 0 Å². The van der Waals surface area contributed by atoms with Gasteiger partial charge in [-0.25, -0.2) is 4.39 Å². The number of nitrogens with one attached hydrogen (secondary N) is 1. The van der Waals surface area contributed by atoms with E-state index < -0.39 is 5.92 Å². The molecule has 136 valence electrons. The number of nitrogens with zero attached hydrogens (tertiary/aromatic N) is 1. The summed E-state index contributed by atoms with van der Waals surface area (Å²) in [5.41, 5.74) is 2.36. The van der Waals surface area contributed by atoms with E-state index in [4.69, 9.17) is 0 Å². The van der Waals surface area contributed by atoms with Gasteiger partial charge in [0.15, 0.2) is 0 Å². The van der Waals surface area contributed by atoms with Crippen LogP contribution in [-0.4, -0.2) is 18.4 Å². The van der Waals surface area contributed by atoms with Crippen LogP contribution in [0, 0.1) is 11.7 Å². The van der Waals surface area contributed by atoms with Crippen molar-refractivity contribution in [2.75, 3.05) is 16.8 Å². The zero-order chi connectivity index (χ0) is 18.9. The van der Waals surface area contributed by atoms with Crippen molar-refractivity contribution in [2.24, 2.45) is 5.92 Å². The molecule has 2 amide bonds. The molecule has 0 spiro atoms. The maximum absolute atomic E-state index is 13.0. The van der Waals surface area contributed by atoms with Gasteiger partial charge in [0, 0.05) is 24.3 Å². The molecule has 26 heavy (non-hydrogen) atoms. The van der Waals surface area contributed by atoms with Crippen LogP contribution in [0.3, 0.4) is 0 Å². The molecule has 1 saturated heterocycles. The Labute approximate surface area is 153 Å². The number of halogens is 1. The Balaban J connectivity index is 1.77. The molecule has 0 aromatic heterocycles. The third-order valence-electron chi connectivity index (χ3n) is 4.61. The highest BCUT2D eigenvalue weighted by Crippen LogP contribution is 2.35. The summed E-state index contributed by atoms with van der Waals surface area (Å²) < 4.78 is 13.0. The topological polar surface area (TPSA) is 49.4 Å². The predicted molar refractivity (Wildman–Crippen MR) is 101 cm³/mol. The standard InChI is InChI=1S/C21H23FN2O2/c1-21(2,3)17-6-4-5-7-18(17)24-13-14(12-19(24)25)20(26)23-16-10-8-15(22)9-11-16/h4-11,14H,12-13H2,1-3H3,(H,23,26). The minimum atomic E-state index is -0.430. The third kappa shape index (κ3) is 3.77. The first-order chi connectivity index (χ1) is 12.3. The second-order valence-corrected chi connectivity index (χ2v) is 7.67. The van der Waals surface area contributed by atoms with Crippen molar-refractivity contribution in [3.05, 3.63) is 59.9 Å². The van der Waals surface area contributed by atoms with Crippen molar-refractivity contribution in [3.63, 3.8) is 0 Å². The number of rotatable bonds is 3. The number of benzene rings is 2. The molecule has 1 heterocycles. The summed E-state index contributed by atoms with van der Waals surface area (Å²) in [4.78, 5) is 26.8. The van der Waals surface area contributed by atoms with Gasteiger partial charge in [-0.1, -0.05) is 39.0 Å². The number of amides is 2. The fourth-order valence-electron chi connectivity index (χ4n) is 3.24. The molecule has 1 N–H and O–H groups in total. The molecule has 4 nitrogen and oxygen atoms in total. The molecule has 1 fully saturated rings. The number of carbonyl (C=O) groups excluding carboxylic acids is 2. The summed E-state index contributed by atoms with van der Waals surface area (Å²) in [5, 5.41) is 2.76. The largest absolute Gasteiger partial charge is 0.326 e. The summed E-state index contributed by atoms with van der Waals surface area (Å²) >= 11 is 0. The maximum Gasteiger partial charge on any atom is 0.229 e. The summed E-state index contributed by atoms with van der Waals surface area (Å²) in [7, 11) is 0. The second-order valence-electron chi connectivity index (χ2n) is 7.67. The van der Waals surface area contributed by atoms with Gasteiger partial charge in [-0.2, -0.15) is 0 Å². The third-order valence-corrected chi connectivity index (χ3v) is 4.61. The highest BCUT2D eigenvalue weighted by atomic mass is 19.1. The van der Waals surface area contributed by atoms with E-state index in [1.54, 1.807) is 4.90 Å². The smallest absolute Gasteiger partial charge is 0.229 e. The summed E-state index contributed by atoms with van der Waals surface area (Å²) in [6.07, 6.45) is 0.172. The molecular formula is C21H23FN2O2. The molecule has 3 rings (SSSR count). The fourth-order valence-corrected chi connectivity index (χ4v) is 3.24. The van der Waals surface area contributed by atoms with Gasteiger partial charge in [-0.15, -0.1) is 0 Å². The van der Waals surface area contributed by atoms with E-state index in [-0.39, 0.29) is 29.5 Å². The zero-order valence-corrected chi connectivity index (χ0v) is 15.3. The van der Waals surface area contributed by atoms with Gasteiger partial charge in [0.05, 0.1) is 5.92 Å². The van der Waals surface area contributed by atoms with E-state index >= 15 is 0 Å². The minimum Gasteiger partial charge on any atom is -0.326 e. The van der Waals surface area contributed by atoms with Crippen LogP contribution in [0.15, 0.2) is 48.5 Å². The Kier molecular flexibility index (Phi) is 4.81. The molecule has 0 saturated carbocycles. The van der Waals surface area contributed by atoms with Gasteiger partial charge in [-0.3, -0.25) is 9.59 Å². The lowest BCUT2D eigenvalue weighted by molar-refractivity contribution is -0.122. The Hall–Kier alpha value is -2.69. The lowest BCUT2D eigenvalue weighted by Crippen LogP contribution is -2.30. The highest BCUT2D eigenvalue weighted by Gasteiger charge is 2.36. The Morgan fingerprint density at radius 3 is 2.42 bits per heavy atom. The molecule has 1 atom stereocenters. The molecule has 0 aliphatic carbocycles. The van der Waals surface area contributed by atoms with Gasteiger partial charge in [0.2, 0.25) is 11.8 Å². The van der Waals surface area contributed by atoms with Crippen LogP contribution in [0.25, 0.3) is 0 Å². The molecule has 1 aliphatic heterocycles. The van der Waals surface area contributed by atoms with Crippen LogP contribution < -0.4 is 10.2 Å². The number of hydrogen-bond donors (Lipinski definition) is 1. The van der Waals surface area contributed by atoms with E-state index in [2.05, 4.69) is 26.1 Å². The number of hydrogen-bond acceptors (Lipinski definition) is 2. The van der Waals surface area contributed by atoms with Crippen LogP contribution >= 0.6 is 0 Å². The van der Waals surface area contributed by atoms with E-state index in [9.17, 15) is 14.0 Å². The number of anilines is 2. The van der Waals surface area contributed by atoms with Crippen molar-refractivity contribution in [2.45, 2.75) is 32.6 Å². The number of carbonyl (C=O) groups is 2. The van der Waals surface area contributed by atoms with Crippen molar-refractivity contribution in [3.8, 4) is 0 Å². The van der Waals surface area contributed by atoms with E-state index in [1.807, 2.05) is 24.3 Å². The van der Waals surface area contributed by atoms with Crippen LogP contribution in [0.5, 0.6) is 0 Å². The monoisotopic (exact) mass is 354 g/mol. The fraction of sp³-hybridized carbons (Fsp3) is 0.333. The molecule has 2 aromatic carbocycles. The van der Waals surface area contributed by atoms with Gasteiger partial charge >= 0.3 is 0 Å². The molecule has 2 aromatic rings. The summed E-state index contributed by atoms with van der Waals surface area (Å²) in [5.74, 6) is -1.06. The second kappa shape index (κ2) is 6.90. The van der Waals surface area contributed by atoms with Crippen molar-refractivity contribution in [1.82, 2.24) is 0 Å². The quantitative estimate of drug-likeness (QED) is 0.902. The lowest BCUT2D eigenvalue weighted by atomic mass is 9.85. The summed E-state index contributed by atoms with van der Waals surface area (Å²) in [6.45, 7) is 6.65. The summed E-state index contributed by atoms with van der Waals surface area (Å²) in [6, 6.07) is 13.4. The van der Waals surface area contributed by atoms with Crippen molar-refractivity contribution >= 4 is 23.2 Å². The van der Waals surface area contributed by atoms with Crippen molar-refractivity contribution in [1.29, 1.82) is 0 Å². The average molecular weight is 354 g/mol. The zero-order valence-electron chi connectivity index (χ0n) is 15.3. The van der Waals surface area contributed by atoms with E-state index in [1.165, 1.54) is 24.3 Å². The first-order valence-corrected chi connectivity index (χ1v) is 8.72. The SMILES string of the molecule is CC(C)(C)c1ccccc1N1CC(C(=O)Nc2ccc(F)cc2)CC1=O. The van der Waals surface area contributed by atoms with Gasteiger partial charge in [0.1, 0.15) is 5.82 Å². The maximum atomic E-state index is 13.0. The predicted octanol–water partition coefficient (Wildman–Crippen LogP) is 4.11. The Bertz CT molecular complexity index is 825. The first-order valence-electron chi connectivity index (χ1n) is 8.72. The Morgan fingerprint density at radius 1 is 1.12 bits per heavy atom. The van der Waals surface area contributed by atoms with Gasteiger partial charge in [0.25, 0.3) is 0 Å². The molecule has 0 bridgehead atoms. The minimum absolute atomic E-state index is 0.0547. The molecular weight excluding hydrogens is 331 g/mol. The van der Waals surface area contributed by atoms with E-state index in [0.717, 1.165) is 11.3 Å². The normalized spacial score (nSPS) is 17.5. The molecule has 0 radical (unpaired) electrons. The van der Waals surface area contributed by atoms with Crippen LogP contribution in [-0.2, 0) is 15.0 Å². The van der Waals surface area contributed by atoms with Gasteiger partial charge < -0.3 is 10.2 Å². The Morgan fingerprint density at radius 2 is 1.77 bits per heavy atom. The van der Waals surface area contributed by atoms with Crippen molar-refractivity contribution < 1.29 is 14.0 Å². The first kappa shape index (κ1) is 18.1. The molecule has 1 unspecified atom stereocenters.